The van der Waals surface area contributed by atoms with Gasteiger partial charge in [0.15, 0.2) is 0 Å². The Morgan fingerprint density at radius 2 is 2.08 bits per heavy atom. The first-order chi connectivity index (χ1) is 12.6. The highest BCUT2D eigenvalue weighted by molar-refractivity contribution is 5.92. The number of ether oxygens (including phenoxy) is 1. The van der Waals surface area contributed by atoms with E-state index in [1.807, 2.05) is 0 Å². The molecule has 138 valence electrons. The number of hydrogen-bond acceptors (Lipinski definition) is 4. The highest BCUT2D eigenvalue weighted by atomic mass is 19.1. The monoisotopic (exact) mass is 360 g/mol. The van der Waals surface area contributed by atoms with Gasteiger partial charge in [-0.15, -0.1) is 0 Å². The number of halogens is 1. The van der Waals surface area contributed by atoms with E-state index in [0.29, 0.717) is 37.6 Å². The van der Waals surface area contributed by atoms with Gasteiger partial charge in [0.1, 0.15) is 12.4 Å². The number of nitrogens with one attached hydrogen (secondary N) is 1. The lowest BCUT2D eigenvalue weighted by atomic mass is 10.1. The molecule has 0 bridgehead atoms. The molecule has 26 heavy (non-hydrogen) atoms. The molecule has 0 spiro atoms. The minimum absolute atomic E-state index is 0.0390. The third-order valence-corrected chi connectivity index (χ3v) is 4.10. The number of nitrogens with zero attached hydrogens (tertiary/aromatic N) is 3. The SMILES string of the molecule is O=C(Cc1ccccc1F)Nc1cnn(CC(=O)N2CCCOCC2)c1. The van der Waals surface area contributed by atoms with Crippen LogP contribution in [-0.4, -0.2) is 52.8 Å². The first-order valence-corrected chi connectivity index (χ1v) is 8.53. The van der Waals surface area contributed by atoms with Crippen molar-refractivity contribution in [3.05, 3.63) is 48.0 Å². The summed E-state index contributed by atoms with van der Waals surface area (Å²) in [6, 6.07) is 6.15. The predicted octanol–water partition coefficient (Wildman–Crippen LogP) is 1.45. The number of benzene rings is 1. The number of rotatable bonds is 5. The fourth-order valence-electron chi connectivity index (χ4n) is 2.77. The largest absolute Gasteiger partial charge is 0.380 e. The highest BCUT2D eigenvalue weighted by Crippen LogP contribution is 2.10. The van der Waals surface area contributed by atoms with Crippen molar-refractivity contribution in [2.24, 2.45) is 0 Å². The third-order valence-electron chi connectivity index (χ3n) is 4.10. The molecule has 1 aliphatic heterocycles. The number of anilines is 1. The summed E-state index contributed by atoms with van der Waals surface area (Å²) in [5.74, 6) is -0.793. The van der Waals surface area contributed by atoms with Crippen molar-refractivity contribution in [3.8, 4) is 0 Å². The fraction of sp³-hybridized carbons (Fsp3) is 0.389. The van der Waals surface area contributed by atoms with E-state index in [-0.39, 0.29) is 24.8 Å². The maximum atomic E-state index is 13.6. The van der Waals surface area contributed by atoms with Gasteiger partial charge in [0, 0.05) is 25.9 Å². The summed E-state index contributed by atoms with van der Waals surface area (Å²) in [4.78, 5) is 26.1. The van der Waals surface area contributed by atoms with Crippen LogP contribution < -0.4 is 5.32 Å². The standard InChI is InChI=1S/C18H21FN4O3/c19-16-5-2-1-4-14(16)10-17(24)21-15-11-20-23(12-15)13-18(25)22-6-3-8-26-9-7-22/h1-2,4-5,11-12H,3,6-10,13H2,(H,21,24). The van der Waals surface area contributed by atoms with Crippen LogP contribution in [0.15, 0.2) is 36.7 Å². The molecule has 0 atom stereocenters. The summed E-state index contributed by atoms with van der Waals surface area (Å²) in [6.45, 7) is 2.56. The Balaban J connectivity index is 1.53. The Morgan fingerprint density at radius 3 is 2.92 bits per heavy atom. The van der Waals surface area contributed by atoms with Crippen molar-refractivity contribution in [2.75, 3.05) is 31.6 Å². The van der Waals surface area contributed by atoms with Gasteiger partial charge >= 0.3 is 0 Å². The molecule has 2 amide bonds. The van der Waals surface area contributed by atoms with Crippen LogP contribution in [0.2, 0.25) is 0 Å². The second-order valence-electron chi connectivity index (χ2n) is 6.09. The van der Waals surface area contributed by atoms with Gasteiger partial charge in [-0.2, -0.15) is 5.10 Å². The van der Waals surface area contributed by atoms with Crippen molar-refractivity contribution >= 4 is 17.5 Å². The van der Waals surface area contributed by atoms with Gasteiger partial charge in [-0.3, -0.25) is 14.3 Å². The van der Waals surface area contributed by atoms with Crippen LogP contribution in [0.4, 0.5) is 10.1 Å². The average molecular weight is 360 g/mol. The van der Waals surface area contributed by atoms with Crippen LogP contribution in [0, 0.1) is 5.82 Å². The summed E-state index contributed by atoms with van der Waals surface area (Å²) in [5.41, 5.74) is 0.800. The van der Waals surface area contributed by atoms with Crippen LogP contribution in [0.25, 0.3) is 0 Å². The van der Waals surface area contributed by atoms with Crippen LogP contribution >= 0.6 is 0 Å². The molecule has 2 heterocycles. The molecule has 1 saturated heterocycles. The minimum Gasteiger partial charge on any atom is -0.380 e. The zero-order chi connectivity index (χ0) is 18.4. The van der Waals surface area contributed by atoms with Gasteiger partial charge in [0.2, 0.25) is 11.8 Å². The molecule has 8 heteroatoms. The topological polar surface area (TPSA) is 76.5 Å². The zero-order valence-electron chi connectivity index (χ0n) is 14.4. The predicted molar refractivity (Wildman–Crippen MR) is 93.0 cm³/mol. The van der Waals surface area contributed by atoms with Gasteiger partial charge in [-0.25, -0.2) is 4.39 Å². The van der Waals surface area contributed by atoms with E-state index in [4.69, 9.17) is 4.74 Å². The Bertz CT molecular complexity index is 769. The summed E-state index contributed by atoms with van der Waals surface area (Å²) < 4.78 is 20.4. The second kappa shape index (κ2) is 8.57. The molecule has 0 unspecified atom stereocenters. The molecule has 1 aliphatic rings. The second-order valence-corrected chi connectivity index (χ2v) is 6.09. The van der Waals surface area contributed by atoms with Crippen molar-refractivity contribution in [1.29, 1.82) is 0 Å². The third kappa shape index (κ3) is 4.89. The van der Waals surface area contributed by atoms with Gasteiger partial charge in [0.25, 0.3) is 0 Å². The van der Waals surface area contributed by atoms with Gasteiger partial charge in [0.05, 0.1) is 24.9 Å². The number of carbonyl (C=O) groups excluding carboxylic acids is 2. The molecule has 3 rings (SSSR count). The molecule has 7 nitrogen and oxygen atoms in total. The van der Waals surface area contributed by atoms with Crippen molar-refractivity contribution in [2.45, 2.75) is 19.4 Å². The van der Waals surface area contributed by atoms with Crippen molar-refractivity contribution in [1.82, 2.24) is 14.7 Å². The molecule has 1 fully saturated rings. The molecular formula is C18H21FN4O3. The molecule has 0 aliphatic carbocycles. The van der Waals surface area contributed by atoms with Crippen LogP contribution in [0.5, 0.6) is 0 Å². The molecule has 1 aromatic carbocycles. The Morgan fingerprint density at radius 1 is 1.23 bits per heavy atom. The molecule has 2 aromatic rings. The lowest BCUT2D eigenvalue weighted by molar-refractivity contribution is -0.132. The summed E-state index contributed by atoms with van der Waals surface area (Å²) in [6.07, 6.45) is 3.82. The summed E-state index contributed by atoms with van der Waals surface area (Å²) >= 11 is 0. The molecule has 1 N–H and O–H groups in total. The van der Waals surface area contributed by atoms with Crippen LogP contribution in [-0.2, 0) is 27.3 Å². The van der Waals surface area contributed by atoms with E-state index >= 15 is 0 Å². The zero-order valence-corrected chi connectivity index (χ0v) is 14.4. The number of aromatic nitrogens is 2. The Kier molecular flexibility index (Phi) is 5.96. The Hall–Kier alpha value is -2.74. The van der Waals surface area contributed by atoms with Gasteiger partial charge < -0.3 is 15.0 Å². The molecular weight excluding hydrogens is 339 g/mol. The van der Waals surface area contributed by atoms with E-state index in [2.05, 4.69) is 10.4 Å². The first-order valence-electron chi connectivity index (χ1n) is 8.53. The van der Waals surface area contributed by atoms with Crippen molar-refractivity contribution in [3.63, 3.8) is 0 Å². The lowest BCUT2D eigenvalue weighted by Crippen LogP contribution is -2.35. The van der Waals surface area contributed by atoms with Gasteiger partial charge in [-0.05, 0) is 18.1 Å². The van der Waals surface area contributed by atoms with Crippen molar-refractivity contribution < 1.29 is 18.7 Å². The van der Waals surface area contributed by atoms with E-state index in [1.54, 1.807) is 29.3 Å². The van der Waals surface area contributed by atoms with Gasteiger partial charge in [-0.1, -0.05) is 18.2 Å². The number of amides is 2. The summed E-state index contributed by atoms with van der Waals surface area (Å²) in [7, 11) is 0. The normalized spacial score (nSPS) is 14.7. The van der Waals surface area contributed by atoms with Crippen LogP contribution in [0.3, 0.4) is 0 Å². The maximum absolute atomic E-state index is 13.6. The van der Waals surface area contributed by atoms with E-state index in [0.717, 1.165) is 6.42 Å². The number of hydrogen-bond donors (Lipinski definition) is 1. The minimum atomic E-state index is -0.412. The molecule has 1 aromatic heterocycles. The quantitative estimate of drug-likeness (QED) is 0.876. The van der Waals surface area contributed by atoms with E-state index < -0.39 is 5.82 Å². The molecule has 0 radical (unpaired) electrons. The fourth-order valence-corrected chi connectivity index (χ4v) is 2.77. The number of carbonyl (C=O) groups is 2. The molecule has 0 saturated carbocycles. The first kappa shape index (κ1) is 18.1. The highest BCUT2D eigenvalue weighted by Gasteiger charge is 2.17. The average Bonchev–Trinajstić information content (AvgIpc) is 2.88. The van der Waals surface area contributed by atoms with E-state index in [9.17, 15) is 14.0 Å². The van der Waals surface area contributed by atoms with Crippen LogP contribution in [0.1, 0.15) is 12.0 Å². The van der Waals surface area contributed by atoms with E-state index in [1.165, 1.54) is 16.9 Å². The lowest BCUT2D eigenvalue weighted by Gasteiger charge is -2.19. The maximum Gasteiger partial charge on any atom is 0.244 e. The summed E-state index contributed by atoms with van der Waals surface area (Å²) in [5, 5.41) is 6.77. The smallest absolute Gasteiger partial charge is 0.244 e. The Labute approximate surface area is 150 Å².